The zero-order chi connectivity index (χ0) is 18.0. The van der Waals surface area contributed by atoms with Gasteiger partial charge in [-0.2, -0.15) is 0 Å². The van der Waals surface area contributed by atoms with Crippen LogP contribution in [0.2, 0.25) is 0 Å². The normalized spacial score (nSPS) is 12.3. The molecule has 24 heavy (non-hydrogen) atoms. The monoisotopic (exact) mass is 334 g/mol. The predicted octanol–water partition coefficient (Wildman–Crippen LogP) is -0.149. The number of aryl methyl sites for hydroxylation is 1. The minimum absolute atomic E-state index is 0.0432. The number of carboxylic acid groups (broad SMARTS) is 1. The lowest BCUT2D eigenvalue weighted by Gasteiger charge is -2.16. The van der Waals surface area contributed by atoms with E-state index in [4.69, 9.17) is 0 Å². The van der Waals surface area contributed by atoms with Gasteiger partial charge in [-0.3, -0.25) is 19.1 Å². The zero-order valence-electron chi connectivity index (χ0n) is 13.5. The molecule has 0 spiro atoms. The Morgan fingerprint density at radius 1 is 1.38 bits per heavy atom. The first kappa shape index (κ1) is 17.4. The van der Waals surface area contributed by atoms with Gasteiger partial charge in [-0.1, -0.05) is 13.8 Å². The third-order valence-corrected chi connectivity index (χ3v) is 3.53. The molecule has 0 saturated carbocycles. The standard InChI is InChI=1S/C15H18N4O5/c1-7(2)4-10(14(22)23)17-12(20)8-5-9-11(16-6-8)19(3)15(24)18-13(9)21/h5-7,10H,4H2,1-3H3,(H,17,20)(H,22,23)(H,18,21,24)/t10-/m1/s1. The number of fused-ring (bicyclic) bond motifs is 1. The Labute approximate surface area is 136 Å². The van der Waals surface area contributed by atoms with Gasteiger partial charge in [-0.25, -0.2) is 14.6 Å². The van der Waals surface area contributed by atoms with Crippen LogP contribution in [0.4, 0.5) is 0 Å². The van der Waals surface area contributed by atoms with Gasteiger partial charge in [0.05, 0.1) is 10.9 Å². The number of carbonyl (C=O) groups excluding carboxylic acids is 1. The average molecular weight is 334 g/mol. The van der Waals surface area contributed by atoms with Crippen molar-refractivity contribution in [2.24, 2.45) is 13.0 Å². The topological polar surface area (TPSA) is 134 Å². The first-order valence-electron chi connectivity index (χ1n) is 7.33. The van der Waals surface area contributed by atoms with E-state index in [2.05, 4.69) is 15.3 Å². The molecule has 2 heterocycles. The van der Waals surface area contributed by atoms with E-state index in [-0.39, 0.29) is 28.9 Å². The van der Waals surface area contributed by atoms with E-state index in [0.717, 1.165) is 4.57 Å². The summed E-state index contributed by atoms with van der Waals surface area (Å²) in [7, 11) is 1.44. The highest BCUT2D eigenvalue weighted by molar-refractivity contribution is 5.98. The van der Waals surface area contributed by atoms with Crippen molar-refractivity contribution in [3.05, 3.63) is 38.7 Å². The molecule has 2 aromatic rings. The summed E-state index contributed by atoms with van der Waals surface area (Å²) in [6, 6.07) is 0.246. The molecule has 0 aromatic carbocycles. The summed E-state index contributed by atoms with van der Waals surface area (Å²) in [6.07, 6.45) is 1.47. The van der Waals surface area contributed by atoms with E-state index in [9.17, 15) is 24.3 Å². The van der Waals surface area contributed by atoms with Gasteiger partial charge >= 0.3 is 11.7 Å². The van der Waals surface area contributed by atoms with Crippen LogP contribution in [0.15, 0.2) is 21.9 Å². The summed E-state index contributed by atoms with van der Waals surface area (Å²) in [5.41, 5.74) is -1.09. The van der Waals surface area contributed by atoms with Gasteiger partial charge in [0.15, 0.2) is 0 Å². The van der Waals surface area contributed by atoms with Gasteiger partial charge in [-0.05, 0) is 18.4 Å². The van der Waals surface area contributed by atoms with Crippen LogP contribution >= 0.6 is 0 Å². The van der Waals surface area contributed by atoms with Crippen molar-refractivity contribution in [1.82, 2.24) is 19.9 Å². The number of hydrogen-bond acceptors (Lipinski definition) is 5. The first-order chi connectivity index (χ1) is 11.2. The molecule has 9 heteroatoms. The molecule has 0 aliphatic carbocycles. The second-order valence-electron chi connectivity index (χ2n) is 5.91. The van der Waals surface area contributed by atoms with Gasteiger partial charge in [0.25, 0.3) is 11.5 Å². The van der Waals surface area contributed by atoms with Crippen LogP contribution in [0.25, 0.3) is 11.0 Å². The molecule has 0 radical (unpaired) electrons. The minimum atomic E-state index is -1.13. The molecule has 0 saturated heterocycles. The lowest BCUT2D eigenvalue weighted by atomic mass is 10.0. The molecule has 0 fully saturated rings. The van der Waals surface area contributed by atoms with Gasteiger partial charge in [0.2, 0.25) is 0 Å². The largest absolute Gasteiger partial charge is 0.480 e. The fourth-order valence-corrected chi connectivity index (χ4v) is 2.30. The maximum absolute atomic E-state index is 12.3. The summed E-state index contributed by atoms with van der Waals surface area (Å²) in [6.45, 7) is 3.69. The Balaban J connectivity index is 2.38. The van der Waals surface area contributed by atoms with Crippen LogP contribution in [0.3, 0.4) is 0 Å². The van der Waals surface area contributed by atoms with Gasteiger partial charge in [0.1, 0.15) is 11.7 Å². The summed E-state index contributed by atoms with van der Waals surface area (Å²) in [5.74, 6) is -1.70. The number of nitrogens with one attached hydrogen (secondary N) is 2. The predicted molar refractivity (Wildman–Crippen MR) is 85.9 cm³/mol. The zero-order valence-corrected chi connectivity index (χ0v) is 13.5. The first-order valence-corrected chi connectivity index (χ1v) is 7.33. The Kier molecular flexibility index (Phi) is 4.82. The Morgan fingerprint density at radius 3 is 2.62 bits per heavy atom. The van der Waals surface area contributed by atoms with E-state index in [1.807, 2.05) is 13.8 Å². The summed E-state index contributed by atoms with van der Waals surface area (Å²) in [5, 5.41) is 11.7. The molecular formula is C15H18N4O5. The van der Waals surface area contributed by atoms with Crippen molar-refractivity contribution in [3.8, 4) is 0 Å². The molecule has 0 unspecified atom stereocenters. The van der Waals surface area contributed by atoms with E-state index in [1.54, 1.807) is 0 Å². The smallest absolute Gasteiger partial charge is 0.329 e. The number of hydrogen-bond donors (Lipinski definition) is 3. The fraction of sp³-hybridized carbons (Fsp3) is 0.400. The Bertz CT molecular complexity index is 912. The molecule has 2 aromatic heterocycles. The van der Waals surface area contributed by atoms with Gasteiger partial charge < -0.3 is 10.4 Å². The number of aliphatic carboxylic acids is 1. The highest BCUT2D eigenvalue weighted by atomic mass is 16.4. The summed E-state index contributed by atoms with van der Waals surface area (Å²) in [4.78, 5) is 53.0. The van der Waals surface area contributed by atoms with Crippen LogP contribution in [0.1, 0.15) is 30.6 Å². The average Bonchev–Trinajstić information content (AvgIpc) is 2.51. The highest BCUT2D eigenvalue weighted by Gasteiger charge is 2.22. The number of nitrogens with zero attached hydrogens (tertiary/aromatic N) is 2. The molecule has 9 nitrogen and oxygen atoms in total. The summed E-state index contributed by atoms with van der Waals surface area (Å²) >= 11 is 0. The van der Waals surface area contributed by atoms with Crippen molar-refractivity contribution >= 4 is 22.9 Å². The molecule has 2 rings (SSSR count). The van der Waals surface area contributed by atoms with E-state index >= 15 is 0 Å². The molecule has 1 atom stereocenters. The van der Waals surface area contributed by atoms with Gasteiger partial charge in [-0.15, -0.1) is 0 Å². The van der Waals surface area contributed by atoms with Crippen molar-refractivity contribution in [2.45, 2.75) is 26.3 Å². The quantitative estimate of drug-likeness (QED) is 0.696. The second-order valence-corrected chi connectivity index (χ2v) is 5.91. The second kappa shape index (κ2) is 6.65. The third-order valence-electron chi connectivity index (χ3n) is 3.53. The van der Waals surface area contributed by atoms with Crippen molar-refractivity contribution in [1.29, 1.82) is 0 Å². The van der Waals surface area contributed by atoms with Crippen LogP contribution in [-0.4, -0.2) is 37.6 Å². The molecule has 128 valence electrons. The number of amides is 1. The SMILES string of the molecule is CC(C)C[C@@H](NC(=O)c1cnc2c(c1)c(=O)[nH]c(=O)n2C)C(=O)O. The molecule has 0 aliphatic rings. The van der Waals surface area contributed by atoms with Gasteiger partial charge in [0, 0.05) is 13.2 Å². The van der Waals surface area contributed by atoms with Crippen molar-refractivity contribution in [3.63, 3.8) is 0 Å². The maximum atomic E-state index is 12.3. The number of carboxylic acids is 1. The number of carbonyl (C=O) groups is 2. The number of rotatable bonds is 5. The number of pyridine rings is 1. The van der Waals surface area contributed by atoms with Crippen LogP contribution in [0, 0.1) is 5.92 Å². The minimum Gasteiger partial charge on any atom is -0.480 e. The van der Waals surface area contributed by atoms with E-state index in [1.165, 1.54) is 19.3 Å². The highest BCUT2D eigenvalue weighted by Crippen LogP contribution is 2.09. The van der Waals surface area contributed by atoms with Crippen LogP contribution in [-0.2, 0) is 11.8 Å². The molecule has 3 N–H and O–H groups in total. The van der Waals surface area contributed by atoms with Crippen molar-refractivity contribution in [2.75, 3.05) is 0 Å². The summed E-state index contributed by atoms with van der Waals surface area (Å²) < 4.78 is 1.15. The molecule has 1 amide bonds. The van der Waals surface area contributed by atoms with E-state index in [0.29, 0.717) is 0 Å². The molecule has 0 bridgehead atoms. The van der Waals surface area contributed by atoms with Crippen LogP contribution < -0.4 is 16.6 Å². The Hall–Kier alpha value is -2.97. The number of aromatic nitrogens is 3. The Morgan fingerprint density at radius 2 is 2.04 bits per heavy atom. The molecular weight excluding hydrogens is 316 g/mol. The fourth-order valence-electron chi connectivity index (χ4n) is 2.30. The lowest BCUT2D eigenvalue weighted by molar-refractivity contribution is -0.139. The van der Waals surface area contributed by atoms with E-state index < -0.39 is 29.2 Å². The van der Waals surface area contributed by atoms with Crippen LogP contribution in [0.5, 0.6) is 0 Å². The number of H-pyrrole nitrogens is 1. The number of aromatic amines is 1. The lowest BCUT2D eigenvalue weighted by Crippen LogP contribution is -2.41. The molecule has 0 aliphatic heterocycles. The van der Waals surface area contributed by atoms with Crippen molar-refractivity contribution < 1.29 is 14.7 Å². The third kappa shape index (κ3) is 3.50. The maximum Gasteiger partial charge on any atom is 0.329 e.